The van der Waals surface area contributed by atoms with Gasteiger partial charge in [-0.2, -0.15) is 0 Å². The fourth-order valence-electron chi connectivity index (χ4n) is 2.13. The lowest BCUT2D eigenvalue weighted by Gasteiger charge is -2.12. The van der Waals surface area contributed by atoms with Gasteiger partial charge in [0.05, 0.1) is 10.5 Å². The van der Waals surface area contributed by atoms with Gasteiger partial charge < -0.3 is 11.1 Å². The van der Waals surface area contributed by atoms with Gasteiger partial charge >= 0.3 is 0 Å². The molecule has 0 aliphatic heterocycles. The van der Waals surface area contributed by atoms with E-state index in [0.717, 1.165) is 5.56 Å². The van der Waals surface area contributed by atoms with Crippen molar-refractivity contribution in [2.45, 2.75) is 31.3 Å². The molecule has 1 aromatic carbocycles. The minimum atomic E-state index is -3.55. The Kier molecular flexibility index (Phi) is 5.53. The van der Waals surface area contributed by atoms with Crippen LogP contribution in [0.25, 0.3) is 0 Å². The molecule has 0 bridgehead atoms. The predicted molar refractivity (Wildman–Crippen MR) is 92.0 cm³/mol. The Morgan fingerprint density at radius 3 is 2.67 bits per heavy atom. The third kappa shape index (κ3) is 4.53. The third-order valence-corrected chi connectivity index (χ3v) is 4.79. The number of amides is 1. The van der Waals surface area contributed by atoms with Crippen LogP contribution in [0.15, 0.2) is 47.5 Å². The number of nitrogens with zero attached hydrogens (tertiary/aromatic N) is 1. The lowest BCUT2D eigenvalue weighted by molar-refractivity contribution is 0.100. The van der Waals surface area contributed by atoms with Gasteiger partial charge in [0, 0.05) is 18.8 Å². The first kappa shape index (κ1) is 17.9. The molecule has 1 amide bonds. The maximum atomic E-state index is 12.2. The second-order valence-corrected chi connectivity index (χ2v) is 7.25. The molecular weight excluding hydrogens is 328 g/mol. The molecule has 0 unspecified atom stereocenters. The molecule has 7 nitrogen and oxygen atoms in total. The minimum absolute atomic E-state index is 0.187. The quantitative estimate of drug-likeness (QED) is 0.701. The molecule has 0 aliphatic rings. The molecule has 24 heavy (non-hydrogen) atoms. The SMILES string of the molecule is CC(C)NS(=O)(=O)c1cccc(CNc2ncccc2C(N)=O)c1. The number of aromatic nitrogens is 1. The monoisotopic (exact) mass is 348 g/mol. The first-order valence-corrected chi connectivity index (χ1v) is 8.88. The van der Waals surface area contributed by atoms with E-state index in [-0.39, 0.29) is 16.5 Å². The highest BCUT2D eigenvalue weighted by Gasteiger charge is 2.15. The van der Waals surface area contributed by atoms with Crippen molar-refractivity contribution in [1.29, 1.82) is 0 Å². The molecule has 0 saturated carbocycles. The molecule has 1 heterocycles. The molecule has 1 aromatic heterocycles. The van der Waals surface area contributed by atoms with Crippen molar-refractivity contribution in [2.24, 2.45) is 5.73 Å². The van der Waals surface area contributed by atoms with Gasteiger partial charge in [-0.15, -0.1) is 0 Å². The highest BCUT2D eigenvalue weighted by molar-refractivity contribution is 7.89. The topological polar surface area (TPSA) is 114 Å². The van der Waals surface area contributed by atoms with E-state index in [1.54, 1.807) is 50.4 Å². The number of nitrogens with two attached hydrogens (primary N) is 1. The number of pyridine rings is 1. The summed E-state index contributed by atoms with van der Waals surface area (Å²) in [5, 5.41) is 3.00. The Hall–Kier alpha value is -2.45. The number of carbonyl (C=O) groups is 1. The van der Waals surface area contributed by atoms with Gasteiger partial charge in [-0.05, 0) is 43.7 Å². The molecule has 8 heteroatoms. The number of hydrogen-bond acceptors (Lipinski definition) is 5. The van der Waals surface area contributed by atoms with E-state index < -0.39 is 15.9 Å². The van der Waals surface area contributed by atoms with Crippen molar-refractivity contribution in [3.63, 3.8) is 0 Å². The number of hydrogen-bond donors (Lipinski definition) is 3. The number of anilines is 1. The largest absolute Gasteiger partial charge is 0.365 e. The standard InChI is InChI=1S/C16H20N4O3S/c1-11(2)20-24(22,23)13-6-3-5-12(9-13)10-19-16-14(15(17)21)7-4-8-18-16/h3-9,11,20H,10H2,1-2H3,(H2,17,21)(H,18,19). The summed E-state index contributed by atoms with van der Waals surface area (Å²) in [6.45, 7) is 3.83. The van der Waals surface area contributed by atoms with Crippen molar-refractivity contribution in [1.82, 2.24) is 9.71 Å². The smallest absolute Gasteiger partial charge is 0.252 e. The number of carbonyl (C=O) groups excluding carboxylic acids is 1. The molecule has 2 aromatic rings. The van der Waals surface area contributed by atoms with Crippen LogP contribution in [0.1, 0.15) is 29.8 Å². The van der Waals surface area contributed by atoms with Crippen molar-refractivity contribution >= 4 is 21.7 Å². The lowest BCUT2D eigenvalue weighted by atomic mass is 10.2. The Labute approximate surface area is 141 Å². The molecule has 0 spiro atoms. The van der Waals surface area contributed by atoms with Crippen LogP contribution in [-0.4, -0.2) is 25.4 Å². The van der Waals surface area contributed by atoms with Crippen molar-refractivity contribution in [3.05, 3.63) is 53.7 Å². The van der Waals surface area contributed by atoms with Crippen LogP contribution in [0.4, 0.5) is 5.82 Å². The summed E-state index contributed by atoms with van der Waals surface area (Å²) in [6, 6.07) is 9.56. The molecule has 0 saturated heterocycles. The second kappa shape index (κ2) is 7.41. The van der Waals surface area contributed by atoms with Gasteiger partial charge in [0.2, 0.25) is 10.0 Å². The lowest BCUT2D eigenvalue weighted by Crippen LogP contribution is -2.30. The van der Waals surface area contributed by atoms with E-state index in [2.05, 4.69) is 15.0 Å². The van der Waals surface area contributed by atoms with E-state index in [1.807, 2.05) is 0 Å². The van der Waals surface area contributed by atoms with Crippen LogP contribution in [0.5, 0.6) is 0 Å². The van der Waals surface area contributed by atoms with Crippen molar-refractivity contribution in [3.8, 4) is 0 Å². The number of benzene rings is 1. The summed E-state index contributed by atoms with van der Waals surface area (Å²) in [5.74, 6) is -0.221. The predicted octanol–water partition coefficient (Wildman–Crippen LogP) is 1.48. The van der Waals surface area contributed by atoms with Crippen LogP contribution in [-0.2, 0) is 16.6 Å². The highest BCUT2D eigenvalue weighted by atomic mass is 32.2. The molecular formula is C16H20N4O3S. The molecule has 4 N–H and O–H groups in total. The summed E-state index contributed by atoms with van der Waals surface area (Å²) >= 11 is 0. The second-order valence-electron chi connectivity index (χ2n) is 5.54. The fraction of sp³-hybridized carbons (Fsp3) is 0.250. The molecule has 0 fully saturated rings. The molecule has 0 atom stereocenters. The van der Waals surface area contributed by atoms with Crippen LogP contribution < -0.4 is 15.8 Å². The molecule has 0 radical (unpaired) electrons. The Morgan fingerprint density at radius 1 is 1.25 bits per heavy atom. The van der Waals surface area contributed by atoms with E-state index in [1.165, 1.54) is 6.07 Å². The molecule has 128 valence electrons. The minimum Gasteiger partial charge on any atom is -0.365 e. The van der Waals surface area contributed by atoms with E-state index >= 15 is 0 Å². The molecule has 2 rings (SSSR count). The van der Waals surface area contributed by atoms with Crippen LogP contribution in [0.2, 0.25) is 0 Å². The van der Waals surface area contributed by atoms with Gasteiger partial charge in [0.25, 0.3) is 5.91 Å². The first-order chi connectivity index (χ1) is 11.3. The number of sulfonamides is 1. The van der Waals surface area contributed by atoms with Gasteiger partial charge in [-0.1, -0.05) is 12.1 Å². The molecule has 0 aliphatic carbocycles. The van der Waals surface area contributed by atoms with Crippen molar-refractivity contribution in [2.75, 3.05) is 5.32 Å². The summed E-state index contributed by atoms with van der Waals surface area (Å²) in [4.78, 5) is 15.6. The Morgan fingerprint density at radius 2 is 2.00 bits per heavy atom. The van der Waals surface area contributed by atoms with E-state index in [9.17, 15) is 13.2 Å². The number of nitrogens with one attached hydrogen (secondary N) is 2. The summed E-state index contributed by atoms with van der Waals surface area (Å²) < 4.78 is 27.0. The summed E-state index contributed by atoms with van der Waals surface area (Å²) in [7, 11) is -3.55. The van der Waals surface area contributed by atoms with Gasteiger partial charge in [0.1, 0.15) is 5.82 Å². The zero-order valence-corrected chi connectivity index (χ0v) is 14.3. The maximum absolute atomic E-state index is 12.2. The zero-order chi connectivity index (χ0) is 17.7. The van der Waals surface area contributed by atoms with Crippen LogP contribution >= 0.6 is 0 Å². The summed E-state index contributed by atoms with van der Waals surface area (Å²) in [5.41, 5.74) is 6.32. The number of rotatable bonds is 7. The fourth-order valence-corrected chi connectivity index (χ4v) is 3.45. The average molecular weight is 348 g/mol. The van der Waals surface area contributed by atoms with Gasteiger partial charge in [-0.3, -0.25) is 4.79 Å². The average Bonchev–Trinajstić information content (AvgIpc) is 2.52. The summed E-state index contributed by atoms with van der Waals surface area (Å²) in [6.07, 6.45) is 1.54. The Balaban J connectivity index is 2.18. The Bertz CT molecular complexity index is 835. The van der Waals surface area contributed by atoms with Gasteiger partial charge in [-0.25, -0.2) is 18.1 Å². The van der Waals surface area contributed by atoms with E-state index in [0.29, 0.717) is 12.4 Å². The maximum Gasteiger partial charge on any atom is 0.252 e. The van der Waals surface area contributed by atoms with Crippen LogP contribution in [0, 0.1) is 0 Å². The highest BCUT2D eigenvalue weighted by Crippen LogP contribution is 2.15. The zero-order valence-electron chi connectivity index (χ0n) is 13.5. The van der Waals surface area contributed by atoms with Gasteiger partial charge in [0.15, 0.2) is 0 Å². The van der Waals surface area contributed by atoms with Crippen molar-refractivity contribution < 1.29 is 13.2 Å². The van der Waals surface area contributed by atoms with Crippen LogP contribution in [0.3, 0.4) is 0 Å². The van der Waals surface area contributed by atoms with E-state index in [4.69, 9.17) is 5.73 Å². The number of primary amides is 1. The first-order valence-electron chi connectivity index (χ1n) is 7.39. The third-order valence-electron chi connectivity index (χ3n) is 3.13. The normalized spacial score (nSPS) is 11.5.